The summed E-state index contributed by atoms with van der Waals surface area (Å²) in [6.45, 7) is 3.21. The number of likely N-dealkylation sites (tertiary alicyclic amines) is 1. The molecule has 0 spiro atoms. The molecule has 0 aliphatic carbocycles. The highest BCUT2D eigenvalue weighted by atomic mass is 16.5. The van der Waals surface area contributed by atoms with Gasteiger partial charge in [-0.2, -0.15) is 0 Å². The molecule has 1 aliphatic heterocycles. The van der Waals surface area contributed by atoms with Crippen molar-refractivity contribution in [1.29, 1.82) is 0 Å². The van der Waals surface area contributed by atoms with Crippen LogP contribution in [0.4, 0.5) is 0 Å². The molecular weight excluding hydrogens is 242 g/mol. The number of ether oxygens (including phenoxy) is 2. The van der Waals surface area contributed by atoms with E-state index in [1.54, 1.807) is 14.2 Å². The van der Waals surface area contributed by atoms with E-state index in [9.17, 15) is 4.79 Å². The third-order valence-corrected chi connectivity index (χ3v) is 3.55. The SMILES string of the molecule is COCC1CCN(CC(=O)c2ccc(OC)cc2)C1. The molecule has 19 heavy (non-hydrogen) atoms. The molecule has 104 valence electrons. The molecule has 1 aliphatic rings. The maximum atomic E-state index is 12.2. The Morgan fingerprint density at radius 1 is 1.32 bits per heavy atom. The summed E-state index contributed by atoms with van der Waals surface area (Å²) in [6, 6.07) is 7.30. The van der Waals surface area contributed by atoms with E-state index in [-0.39, 0.29) is 5.78 Å². The number of hydrogen-bond acceptors (Lipinski definition) is 4. The van der Waals surface area contributed by atoms with Gasteiger partial charge in [-0.25, -0.2) is 0 Å². The Bertz CT molecular complexity index is 416. The van der Waals surface area contributed by atoms with Crippen molar-refractivity contribution in [2.75, 3.05) is 40.5 Å². The van der Waals surface area contributed by atoms with Gasteiger partial charge in [-0.3, -0.25) is 9.69 Å². The zero-order chi connectivity index (χ0) is 13.7. The molecule has 1 saturated heterocycles. The molecule has 1 aromatic carbocycles. The van der Waals surface area contributed by atoms with Gasteiger partial charge in [-0.1, -0.05) is 0 Å². The molecule has 0 aromatic heterocycles. The van der Waals surface area contributed by atoms with E-state index in [0.717, 1.165) is 37.4 Å². The largest absolute Gasteiger partial charge is 0.497 e. The van der Waals surface area contributed by atoms with Crippen molar-refractivity contribution < 1.29 is 14.3 Å². The second-order valence-corrected chi connectivity index (χ2v) is 5.00. The second kappa shape index (κ2) is 6.68. The molecule has 1 unspecified atom stereocenters. The number of carbonyl (C=O) groups is 1. The van der Waals surface area contributed by atoms with E-state index in [2.05, 4.69) is 4.90 Å². The van der Waals surface area contributed by atoms with Crippen molar-refractivity contribution >= 4 is 5.78 Å². The highest BCUT2D eigenvalue weighted by Gasteiger charge is 2.24. The number of rotatable bonds is 6. The Balaban J connectivity index is 1.87. The summed E-state index contributed by atoms with van der Waals surface area (Å²) in [5, 5.41) is 0. The van der Waals surface area contributed by atoms with Crippen LogP contribution in [0.15, 0.2) is 24.3 Å². The summed E-state index contributed by atoms with van der Waals surface area (Å²) in [5.41, 5.74) is 0.746. The van der Waals surface area contributed by atoms with Crippen LogP contribution in [0.25, 0.3) is 0 Å². The maximum absolute atomic E-state index is 12.2. The molecule has 1 fully saturated rings. The van der Waals surface area contributed by atoms with Gasteiger partial charge in [0.2, 0.25) is 0 Å². The zero-order valence-electron chi connectivity index (χ0n) is 11.6. The molecule has 2 rings (SSSR count). The Labute approximate surface area is 114 Å². The van der Waals surface area contributed by atoms with Crippen LogP contribution >= 0.6 is 0 Å². The normalized spacial score (nSPS) is 19.6. The van der Waals surface area contributed by atoms with Crippen molar-refractivity contribution in [2.24, 2.45) is 5.92 Å². The third kappa shape index (κ3) is 3.78. The lowest BCUT2D eigenvalue weighted by Gasteiger charge is -2.15. The Morgan fingerprint density at radius 2 is 2.05 bits per heavy atom. The molecule has 1 aromatic rings. The van der Waals surface area contributed by atoms with Crippen molar-refractivity contribution in [3.63, 3.8) is 0 Å². The van der Waals surface area contributed by atoms with Crippen molar-refractivity contribution in [3.05, 3.63) is 29.8 Å². The first kappa shape index (κ1) is 14.0. The Morgan fingerprint density at radius 3 is 2.68 bits per heavy atom. The summed E-state index contributed by atoms with van der Waals surface area (Å²) in [5.74, 6) is 1.51. The average Bonchev–Trinajstić information content (AvgIpc) is 2.86. The fourth-order valence-electron chi connectivity index (χ4n) is 2.50. The topological polar surface area (TPSA) is 38.8 Å². The summed E-state index contributed by atoms with van der Waals surface area (Å²) < 4.78 is 10.3. The van der Waals surface area contributed by atoms with Crippen LogP contribution < -0.4 is 4.74 Å². The summed E-state index contributed by atoms with van der Waals surface area (Å²) >= 11 is 0. The van der Waals surface area contributed by atoms with Gasteiger partial charge in [-0.15, -0.1) is 0 Å². The molecule has 0 saturated carbocycles. The number of Topliss-reactive ketones (excluding diaryl/α,β-unsaturated/α-hetero) is 1. The van der Waals surface area contributed by atoms with Gasteiger partial charge in [0, 0.05) is 19.2 Å². The van der Waals surface area contributed by atoms with Crippen molar-refractivity contribution in [3.8, 4) is 5.75 Å². The number of benzene rings is 1. The van der Waals surface area contributed by atoms with Crippen LogP contribution in [-0.2, 0) is 4.74 Å². The lowest BCUT2D eigenvalue weighted by atomic mass is 10.1. The molecule has 0 amide bonds. The first-order valence-corrected chi connectivity index (χ1v) is 6.61. The van der Waals surface area contributed by atoms with E-state index in [1.807, 2.05) is 24.3 Å². The molecule has 1 atom stereocenters. The molecule has 0 bridgehead atoms. The minimum atomic E-state index is 0.167. The highest BCUT2D eigenvalue weighted by molar-refractivity contribution is 5.97. The fraction of sp³-hybridized carbons (Fsp3) is 0.533. The number of ketones is 1. The van der Waals surface area contributed by atoms with E-state index in [0.29, 0.717) is 12.5 Å². The zero-order valence-corrected chi connectivity index (χ0v) is 11.6. The maximum Gasteiger partial charge on any atom is 0.176 e. The van der Waals surface area contributed by atoms with E-state index in [4.69, 9.17) is 9.47 Å². The first-order valence-electron chi connectivity index (χ1n) is 6.61. The molecule has 4 nitrogen and oxygen atoms in total. The first-order chi connectivity index (χ1) is 9.22. The fourth-order valence-corrected chi connectivity index (χ4v) is 2.50. The highest BCUT2D eigenvalue weighted by Crippen LogP contribution is 2.17. The van der Waals surface area contributed by atoms with Gasteiger partial charge in [0.15, 0.2) is 5.78 Å². The quantitative estimate of drug-likeness (QED) is 0.734. The molecule has 0 radical (unpaired) electrons. The molecule has 4 heteroatoms. The summed E-state index contributed by atoms with van der Waals surface area (Å²) in [4.78, 5) is 14.4. The van der Waals surface area contributed by atoms with Crippen molar-refractivity contribution in [1.82, 2.24) is 4.90 Å². The van der Waals surface area contributed by atoms with E-state index >= 15 is 0 Å². The lowest BCUT2D eigenvalue weighted by Crippen LogP contribution is -2.28. The monoisotopic (exact) mass is 263 g/mol. The Kier molecular flexibility index (Phi) is 4.93. The predicted octanol–water partition coefficient (Wildman–Crippen LogP) is 1.85. The van der Waals surface area contributed by atoms with Crippen LogP contribution in [0.1, 0.15) is 16.8 Å². The summed E-state index contributed by atoms with van der Waals surface area (Å²) in [6.07, 6.45) is 1.11. The third-order valence-electron chi connectivity index (χ3n) is 3.55. The lowest BCUT2D eigenvalue weighted by molar-refractivity contribution is 0.0937. The average molecular weight is 263 g/mol. The van der Waals surface area contributed by atoms with Crippen molar-refractivity contribution in [2.45, 2.75) is 6.42 Å². The van der Waals surface area contributed by atoms with Gasteiger partial charge in [0.25, 0.3) is 0 Å². The van der Waals surface area contributed by atoms with Crippen LogP contribution in [0.3, 0.4) is 0 Å². The number of methoxy groups -OCH3 is 2. The molecule has 0 N–H and O–H groups in total. The van der Waals surface area contributed by atoms with Crippen LogP contribution in [-0.4, -0.2) is 51.1 Å². The van der Waals surface area contributed by atoms with Gasteiger partial charge in [-0.05, 0) is 43.1 Å². The minimum absolute atomic E-state index is 0.167. The van der Waals surface area contributed by atoms with Crippen LogP contribution in [0.5, 0.6) is 5.75 Å². The van der Waals surface area contributed by atoms with Gasteiger partial charge in [0.1, 0.15) is 5.75 Å². The van der Waals surface area contributed by atoms with Crippen LogP contribution in [0, 0.1) is 5.92 Å². The Hall–Kier alpha value is -1.39. The smallest absolute Gasteiger partial charge is 0.176 e. The van der Waals surface area contributed by atoms with Gasteiger partial charge >= 0.3 is 0 Å². The number of carbonyl (C=O) groups excluding carboxylic acids is 1. The van der Waals surface area contributed by atoms with E-state index in [1.165, 1.54) is 0 Å². The second-order valence-electron chi connectivity index (χ2n) is 5.00. The number of hydrogen-bond donors (Lipinski definition) is 0. The van der Waals surface area contributed by atoms with E-state index < -0.39 is 0 Å². The van der Waals surface area contributed by atoms with Crippen LogP contribution in [0.2, 0.25) is 0 Å². The molecular formula is C15H21NO3. The standard InChI is InChI=1S/C15H21NO3/c1-18-11-12-7-8-16(9-12)10-15(17)13-3-5-14(19-2)6-4-13/h3-6,12H,7-11H2,1-2H3. The van der Waals surface area contributed by atoms with Gasteiger partial charge in [0.05, 0.1) is 20.3 Å². The molecule has 1 heterocycles. The number of nitrogens with zero attached hydrogens (tertiary/aromatic N) is 1. The predicted molar refractivity (Wildman–Crippen MR) is 73.7 cm³/mol. The minimum Gasteiger partial charge on any atom is -0.497 e. The summed E-state index contributed by atoms with van der Waals surface area (Å²) in [7, 11) is 3.35. The van der Waals surface area contributed by atoms with Gasteiger partial charge < -0.3 is 9.47 Å².